The molecule has 0 aliphatic carbocycles. The number of aliphatic hydroxyl groups is 2. The molecule has 28 heavy (non-hydrogen) atoms. The first kappa shape index (κ1) is 20.4. The zero-order valence-corrected chi connectivity index (χ0v) is 16.0. The Morgan fingerprint density at radius 2 is 1.64 bits per heavy atom. The highest BCUT2D eigenvalue weighted by Crippen LogP contribution is 2.42. The average molecular weight is 390 g/mol. The maximum Gasteiger partial charge on any atom is 0.162 e. The van der Waals surface area contributed by atoms with Crippen molar-refractivity contribution in [3.63, 3.8) is 0 Å². The molecule has 0 saturated carbocycles. The monoisotopic (exact) mass is 390 g/mol. The molecule has 1 fully saturated rings. The second-order valence-electron chi connectivity index (χ2n) is 6.68. The third-order valence-electron chi connectivity index (χ3n) is 5.02. The molecule has 2 aromatic rings. The maximum atomic E-state index is 10.6. The summed E-state index contributed by atoms with van der Waals surface area (Å²) in [5.74, 6) is 0.577. The van der Waals surface area contributed by atoms with Crippen molar-refractivity contribution in [3.05, 3.63) is 41.5 Å². The van der Waals surface area contributed by atoms with Crippen molar-refractivity contribution in [2.75, 3.05) is 20.3 Å². The molecular weight excluding hydrogens is 364 g/mol. The van der Waals surface area contributed by atoms with Crippen LogP contribution in [-0.4, -0.2) is 59.2 Å². The normalized spacial score (nSPS) is 19.9. The minimum atomic E-state index is -0.717. The molecule has 1 saturated heterocycles. The third kappa shape index (κ3) is 3.93. The highest BCUT2D eigenvalue weighted by Gasteiger charge is 2.36. The molecule has 152 valence electrons. The molecule has 3 rings (SSSR count). The third-order valence-corrected chi connectivity index (χ3v) is 5.02. The van der Waals surface area contributed by atoms with Crippen LogP contribution in [0.1, 0.15) is 18.1 Å². The van der Waals surface area contributed by atoms with E-state index in [1.165, 1.54) is 6.07 Å². The Morgan fingerprint density at radius 1 is 0.964 bits per heavy atom. The summed E-state index contributed by atoms with van der Waals surface area (Å²) in [5, 5.41) is 39.8. The number of hydrogen-bond donors (Lipinski definition) is 4. The van der Waals surface area contributed by atoms with Crippen LogP contribution in [0.25, 0.3) is 11.1 Å². The van der Waals surface area contributed by atoms with Gasteiger partial charge in [0.2, 0.25) is 0 Å². The number of benzene rings is 2. The van der Waals surface area contributed by atoms with Gasteiger partial charge in [0.25, 0.3) is 0 Å². The summed E-state index contributed by atoms with van der Waals surface area (Å²) in [6.45, 7) is 1.38. The van der Waals surface area contributed by atoms with Crippen LogP contribution < -0.4 is 4.74 Å². The Labute approximate surface area is 163 Å². The van der Waals surface area contributed by atoms with Gasteiger partial charge in [0.1, 0.15) is 29.5 Å². The van der Waals surface area contributed by atoms with E-state index >= 15 is 0 Å². The van der Waals surface area contributed by atoms with E-state index in [-0.39, 0.29) is 31.1 Å². The molecule has 7 nitrogen and oxygen atoms in total. The van der Waals surface area contributed by atoms with Crippen molar-refractivity contribution in [2.24, 2.45) is 0 Å². The van der Waals surface area contributed by atoms with Crippen molar-refractivity contribution in [1.29, 1.82) is 0 Å². The molecule has 0 amide bonds. The van der Waals surface area contributed by atoms with Crippen molar-refractivity contribution in [1.82, 2.24) is 0 Å². The topological polar surface area (TPSA) is 109 Å². The number of aliphatic hydroxyl groups excluding tert-OH is 2. The van der Waals surface area contributed by atoms with Crippen LogP contribution in [0.3, 0.4) is 0 Å². The summed E-state index contributed by atoms with van der Waals surface area (Å²) in [5.41, 5.74) is 2.66. The minimum absolute atomic E-state index is 0.00272. The Hall–Kier alpha value is -2.32. The van der Waals surface area contributed by atoms with Gasteiger partial charge in [-0.05, 0) is 35.2 Å². The van der Waals surface area contributed by atoms with Gasteiger partial charge >= 0.3 is 0 Å². The zero-order chi connectivity index (χ0) is 20.3. The van der Waals surface area contributed by atoms with Crippen LogP contribution in [0.2, 0.25) is 0 Å². The van der Waals surface area contributed by atoms with Crippen LogP contribution in [0.15, 0.2) is 30.3 Å². The molecule has 1 aliphatic heterocycles. The molecule has 1 aliphatic rings. The first-order chi connectivity index (χ1) is 13.5. The van der Waals surface area contributed by atoms with Crippen LogP contribution in [-0.2, 0) is 22.3 Å². The van der Waals surface area contributed by atoms with Gasteiger partial charge in [-0.3, -0.25) is 0 Å². The van der Waals surface area contributed by atoms with Crippen LogP contribution in [0, 0.1) is 0 Å². The van der Waals surface area contributed by atoms with E-state index in [2.05, 4.69) is 0 Å². The van der Waals surface area contributed by atoms with Crippen molar-refractivity contribution >= 4 is 0 Å². The fourth-order valence-corrected chi connectivity index (χ4v) is 3.65. The molecule has 2 atom stereocenters. The molecule has 2 aromatic carbocycles. The van der Waals surface area contributed by atoms with E-state index in [9.17, 15) is 20.4 Å². The van der Waals surface area contributed by atoms with Crippen LogP contribution in [0.4, 0.5) is 0 Å². The van der Waals surface area contributed by atoms with Gasteiger partial charge in [-0.2, -0.15) is 0 Å². The van der Waals surface area contributed by atoms with E-state index in [0.717, 1.165) is 5.56 Å². The number of hydrogen-bond acceptors (Lipinski definition) is 7. The second-order valence-corrected chi connectivity index (χ2v) is 6.68. The Morgan fingerprint density at radius 3 is 2.21 bits per heavy atom. The van der Waals surface area contributed by atoms with Crippen molar-refractivity contribution in [3.8, 4) is 28.4 Å². The molecule has 4 N–H and O–H groups in total. The zero-order valence-electron chi connectivity index (χ0n) is 16.0. The first-order valence-corrected chi connectivity index (χ1v) is 9.26. The Bertz CT molecular complexity index is 809. The lowest BCUT2D eigenvalue weighted by Gasteiger charge is -2.20. The number of aromatic hydroxyl groups is 2. The average Bonchev–Trinajstić information content (AvgIpc) is 3.10. The SMILES string of the molecule is CCc1c(O)cc(O)c(-c2cccc(OC)c2)c1CC1O[C@H](CO)[C@@H](CO)O1. The van der Waals surface area contributed by atoms with Crippen LogP contribution >= 0.6 is 0 Å². The van der Waals surface area contributed by atoms with Crippen LogP contribution in [0.5, 0.6) is 17.2 Å². The highest BCUT2D eigenvalue weighted by atomic mass is 16.7. The number of ether oxygens (including phenoxy) is 3. The van der Waals surface area contributed by atoms with E-state index < -0.39 is 18.5 Å². The van der Waals surface area contributed by atoms with Gasteiger partial charge in [-0.1, -0.05) is 19.1 Å². The summed E-state index contributed by atoms with van der Waals surface area (Å²) in [4.78, 5) is 0. The number of rotatable bonds is 7. The van der Waals surface area contributed by atoms with E-state index in [4.69, 9.17) is 14.2 Å². The molecule has 0 bridgehead atoms. The van der Waals surface area contributed by atoms with E-state index in [0.29, 0.717) is 28.9 Å². The van der Waals surface area contributed by atoms with E-state index in [1.54, 1.807) is 13.2 Å². The number of phenolic OH excluding ortho intramolecular Hbond substituents is 2. The van der Waals surface area contributed by atoms with Gasteiger partial charge < -0.3 is 34.6 Å². The van der Waals surface area contributed by atoms with Gasteiger partial charge in [0.05, 0.1) is 20.3 Å². The number of phenols is 2. The molecule has 0 unspecified atom stereocenters. The fraction of sp³-hybridized carbons (Fsp3) is 0.429. The summed E-state index contributed by atoms with van der Waals surface area (Å²) in [7, 11) is 1.57. The van der Waals surface area contributed by atoms with Crippen molar-refractivity contribution < 1.29 is 34.6 Å². The summed E-state index contributed by atoms with van der Waals surface area (Å²) >= 11 is 0. The van der Waals surface area contributed by atoms with Crippen molar-refractivity contribution in [2.45, 2.75) is 38.3 Å². The molecule has 0 aromatic heterocycles. The Kier molecular flexibility index (Phi) is 6.41. The highest BCUT2D eigenvalue weighted by molar-refractivity contribution is 5.77. The van der Waals surface area contributed by atoms with Gasteiger partial charge in [-0.25, -0.2) is 0 Å². The first-order valence-electron chi connectivity index (χ1n) is 9.26. The Balaban J connectivity index is 2.05. The summed E-state index contributed by atoms with van der Waals surface area (Å²) < 4.78 is 16.7. The lowest BCUT2D eigenvalue weighted by molar-refractivity contribution is -0.0725. The number of methoxy groups -OCH3 is 1. The predicted molar refractivity (Wildman–Crippen MR) is 103 cm³/mol. The van der Waals surface area contributed by atoms with Gasteiger partial charge in [-0.15, -0.1) is 0 Å². The maximum absolute atomic E-state index is 10.6. The molecule has 0 spiro atoms. The van der Waals surface area contributed by atoms with Gasteiger partial charge in [0, 0.05) is 18.1 Å². The predicted octanol–water partition coefficient (Wildman–Crippen LogP) is 1.97. The molecule has 1 heterocycles. The summed E-state index contributed by atoms with van der Waals surface area (Å²) in [6.07, 6.45) is -1.18. The second kappa shape index (κ2) is 8.79. The fourth-order valence-electron chi connectivity index (χ4n) is 3.65. The molecule has 7 heteroatoms. The largest absolute Gasteiger partial charge is 0.508 e. The van der Waals surface area contributed by atoms with Gasteiger partial charge in [0.15, 0.2) is 6.29 Å². The lowest BCUT2D eigenvalue weighted by Crippen LogP contribution is -2.29. The minimum Gasteiger partial charge on any atom is -0.508 e. The molecule has 0 radical (unpaired) electrons. The van der Waals surface area contributed by atoms with E-state index in [1.807, 2.05) is 25.1 Å². The standard InChI is InChI=1S/C21H26O7/c1-3-14-15(8-20-27-18(10-22)19(11-23)28-20)21(17(25)9-16(14)24)12-5-4-6-13(7-12)26-2/h4-7,9,18-20,22-25H,3,8,10-11H2,1-2H3/t18-,19-/m1/s1. The summed E-state index contributed by atoms with van der Waals surface area (Å²) in [6, 6.07) is 8.62. The lowest BCUT2D eigenvalue weighted by atomic mass is 9.90. The quantitative estimate of drug-likeness (QED) is 0.572. The molecular formula is C21H26O7. The smallest absolute Gasteiger partial charge is 0.162 e.